The predicted molar refractivity (Wildman–Crippen MR) is 76.1 cm³/mol. The highest BCUT2D eigenvalue weighted by molar-refractivity contribution is 7.87. The van der Waals surface area contributed by atoms with Gasteiger partial charge in [0, 0.05) is 33.3 Å². The number of rotatable bonds is 8. The molecule has 2 N–H and O–H groups in total. The maximum Gasteiger partial charge on any atom is 0.279 e. The summed E-state index contributed by atoms with van der Waals surface area (Å²) in [5.41, 5.74) is 0. The van der Waals surface area contributed by atoms with Crippen molar-refractivity contribution in [3.05, 3.63) is 0 Å². The summed E-state index contributed by atoms with van der Waals surface area (Å²) in [6.07, 6.45) is 3.02. The molecule has 0 amide bonds. The Morgan fingerprint density at radius 1 is 1.47 bits per heavy atom. The van der Waals surface area contributed by atoms with Gasteiger partial charge in [0.05, 0.1) is 0 Å². The minimum absolute atomic E-state index is 0.254. The largest absolute Gasteiger partial charge is 0.396 e. The highest BCUT2D eigenvalue weighted by Crippen LogP contribution is 2.15. The van der Waals surface area contributed by atoms with Crippen LogP contribution in [0.15, 0.2) is 0 Å². The smallest absolute Gasteiger partial charge is 0.279 e. The van der Waals surface area contributed by atoms with Crippen LogP contribution in [-0.4, -0.2) is 69.1 Å². The van der Waals surface area contributed by atoms with E-state index in [0.717, 1.165) is 38.9 Å². The number of aliphatic hydroxyl groups excluding tert-OH is 1. The summed E-state index contributed by atoms with van der Waals surface area (Å²) < 4.78 is 27.3. The lowest BCUT2D eigenvalue weighted by molar-refractivity contribution is 0.120. The molecule has 7 heteroatoms. The van der Waals surface area contributed by atoms with Crippen LogP contribution in [0.2, 0.25) is 0 Å². The highest BCUT2D eigenvalue weighted by atomic mass is 32.2. The van der Waals surface area contributed by atoms with Crippen molar-refractivity contribution >= 4 is 10.2 Å². The summed E-state index contributed by atoms with van der Waals surface area (Å²) in [4.78, 5) is 2.31. The molecule has 1 rings (SSSR count). The predicted octanol–water partition coefficient (Wildman–Crippen LogP) is -0.133. The van der Waals surface area contributed by atoms with Crippen LogP contribution in [0.1, 0.15) is 26.2 Å². The molecule has 0 aromatic rings. The summed E-state index contributed by atoms with van der Waals surface area (Å²) in [5, 5.41) is 9.15. The van der Waals surface area contributed by atoms with Crippen LogP contribution in [0.3, 0.4) is 0 Å². The third-order valence-corrected chi connectivity index (χ3v) is 5.30. The molecule has 1 fully saturated rings. The van der Waals surface area contributed by atoms with Crippen LogP contribution in [0.5, 0.6) is 0 Å². The van der Waals surface area contributed by atoms with Gasteiger partial charge in [-0.3, -0.25) is 0 Å². The van der Waals surface area contributed by atoms with Gasteiger partial charge < -0.3 is 10.0 Å². The molecular weight excluding hydrogens is 266 g/mol. The summed E-state index contributed by atoms with van der Waals surface area (Å²) in [7, 11) is -1.74. The number of hydrogen-bond acceptors (Lipinski definition) is 4. The molecule has 1 aliphatic heterocycles. The fourth-order valence-corrected chi connectivity index (χ4v) is 3.25. The molecule has 0 bridgehead atoms. The number of piperidine rings is 1. The van der Waals surface area contributed by atoms with Crippen molar-refractivity contribution in [3.8, 4) is 0 Å². The average molecular weight is 293 g/mol. The van der Waals surface area contributed by atoms with Crippen LogP contribution in [0.25, 0.3) is 0 Å². The molecule has 1 aliphatic rings. The van der Waals surface area contributed by atoms with Crippen molar-refractivity contribution in [2.45, 2.75) is 26.2 Å². The minimum atomic E-state index is -3.30. The molecule has 0 saturated carbocycles. The molecule has 0 spiro atoms. The lowest BCUT2D eigenvalue weighted by Gasteiger charge is -2.31. The van der Waals surface area contributed by atoms with E-state index in [4.69, 9.17) is 5.11 Å². The van der Waals surface area contributed by atoms with E-state index < -0.39 is 10.2 Å². The Hall–Kier alpha value is -0.210. The minimum Gasteiger partial charge on any atom is -0.396 e. The van der Waals surface area contributed by atoms with Gasteiger partial charge >= 0.3 is 0 Å². The maximum atomic E-state index is 11.7. The van der Waals surface area contributed by atoms with Crippen LogP contribution < -0.4 is 4.72 Å². The van der Waals surface area contributed by atoms with Crippen molar-refractivity contribution in [3.63, 3.8) is 0 Å². The first-order valence-corrected chi connectivity index (χ1v) is 8.47. The first kappa shape index (κ1) is 16.8. The SMILES string of the molecule is CCN(C)S(=O)(=O)NCCCN1CCCC(CO)C1. The van der Waals surface area contributed by atoms with E-state index in [1.807, 2.05) is 6.92 Å². The molecule has 1 heterocycles. The van der Waals surface area contributed by atoms with Crippen LogP contribution in [-0.2, 0) is 10.2 Å². The van der Waals surface area contributed by atoms with Gasteiger partial charge in [0.1, 0.15) is 0 Å². The zero-order valence-electron chi connectivity index (χ0n) is 12.0. The van der Waals surface area contributed by atoms with Gasteiger partial charge in [-0.1, -0.05) is 6.92 Å². The lowest BCUT2D eigenvalue weighted by Crippen LogP contribution is -2.41. The second-order valence-electron chi connectivity index (χ2n) is 5.16. The number of nitrogens with one attached hydrogen (secondary N) is 1. The van der Waals surface area contributed by atoms with Gasteiger partial charge in [-0.2, -0.15) is 12.7 Å². The van der Waals surface area contributed by atoms with Crippen LogP contribution in [0, 0.1) is 5.92 Å². The van der Waals surface area contributed by atoms with Crippen molar-refractivity contribution in [2.24, 2.45) is 5.92 Å². The monoisotopic (exact) mass is 293 g/mol. The van der Waals surface area contributed by atoms with Gasteiger partial charge in [0.15, 0.2) is 0 Å². The molecule has 19 heavy (non-hydrogen) atoms. The maximum absolute atomic E-state index is 11.7. The number of aliphatic hydroxyl groups is 1. The van der Waals surface area contributed by atoms with Gasteiger partial charge in [-0.25, -0.2) is 4.72 Å². The van der Waals surface area contributed by atoms with Crippen molar-refractivity contribution in [2.75, 3.05) is 46.4 Å². The zero-order valence-corrected chi connectivity index (χ0v) is 12.8. The van der Waals surface area contributed by atoms with Gasteiger partial charge in [0.2, 0.25) is 0 Å². The normalized spacial score (nSPS) is 22.0. The molecule has 0 radical (unpaired) electrons. The van der Waals surface area contributed by atoms with E-state index in [-0.39, 0.29) is 6.61 Å². The molecule has 1 unspecified atom stereocenters. The van der Waals surface area contributed by atoms with Crippen LogP contribution >= 0.6 is 0 Å². The fraction of sp³-hybridized carbons (Fsp3) is 1.00. The quantitative estimate of drug-likeness (QED) is 0.611. The first-order chi connectivity index (χ1) is 8.99. The van der Waals surface area contributed by atoms with E-state index in [1.165, 1.54) is 4.31 Å². The molecular formula is C12H27N3O3S. The Kier molecular flexibility index (Phi) is 7.23. The lowest BCUT2D eigenvalue weighted by atomic mass is 9.99. The first-order valence-electron chi connectivity index (χ1n) is 7.03. The summed E-state index contributed by atoms with van der Waals surface area (Å²) in [6, 6.07) is 0. The van der Waals surface area contributed by atoms with E-state index >= 15 is 0 Å². The Labute approximate surface area is 117 Å². The van der Waals surface area contributed by atoms with E-state index in [9.17, 15) is 8.42 Å². The number of likely N-dealkylation sites (tertiary alicyclic amines) is 1. The number of hydrogen-bond donors (Lipinski definition) is 2. The van der Waals surface area contributed by atoms with E-state index in [2.05, 4.69) is 9.62 Å². The fourth-order valence-electron chi connectivity index (χ4n) is 2.29. The topological polar surface area (TPSA) is 72.9 Å². The standard InChI is InChI=1S/C12H27N3O3S/c1-3-14(2)19(17,18)13-7-5-9-15-8-4-6-12(10-15)11-16/h12-13,16H,3-11H2,1-2H3. The highest BCUT2D eigenvalue weighted by Gasteiger charge is 2.19. The molecule has 1 saturated heterocycles. The van der Waals surface area contributed by atoms with Gasteiger partial charge in [0.25, 0.3) is 10.2 Å². The Morgan fingerprint density at radius 2 is 2.21 bits per heavy atom. The molecule has 6 nitrogen and oxygen atoms in total. The van der Waals surface area contributed by atoms with E-state index in [1.54, 1.807) is 7.05 Å². The number of nitrogens with zero attached hydrogens (tertiary/aromatic N) is 2. The van der Waals surface area contributed by atoms with Crippen LogP contribution in [0.4, 0.5) is 0 Å². The second-order valence-corrected chi connectivity index (χ2v) is 7.02. The molecule has 0 aromatic heterocycles. The summed E-state index contributed by atoms with van der Waals surface area (Å²) in [5.74, 6) is 0.386. The van der Waals surface area contributed by atoms with Gasteiger partial charge in [-0.15, -0.1) is 0 Å². The van der Waals surface area contributed by atoms with Crippen molar-refractivity contribution in [1.29, 1.82) is 0 Å². The van der Waals surface area contributed by atoms with Crippen molar-refractivity contribution in [1.82, 2.24) is 13.9 Å². The third-order valence-electron chi connectivity index (χ3n) is 3.65. The third kappa shape index (κ3) is 5.74. The molecule has 1 atom stereocenters. The second kappa shape index (κ2) is 8.16. The Balaban J connectivity index is 2.20. The zero-order chi connectivity index (χ0) is 14.3. The molecule has 114 valence electrons. The van der Waals surface area contributed by atoms with Gasteiger partial charge in [-0.05, 0) is 38.3 Å². The summed E-state index contributed by atoms with van der Waals surface area (Å²) >= 11 is 0. The average Bonchev–Trinajstić information content (AvgIpc) is 2.43. The summed E-state index contributed by atoms with van der Waals surface area (Å²) in [6.45, 7) is 5.87. The Bertz CT molecular complexity index is 348. The molecule has 0 aliphatic carbocycles. The Morgan fingerprint density at radius 3 is 2.84 bits per heavy atom. The van der Waals surface area contributed by atoms with Crippen molar-refractivity contribution < 1.29 is 13.5 Å². The molecule has 0 aromatic carbocycles. The van der Waals surface area contributed by atoms with E-state index in [0.29, 0.717) is 19.0 Å².